The van der Waals surface area contributed by atoms with Gasteiger partial charge in [-0.15, -0.1) is 0 Å². The second-order valence-corrected chi connectivity index (χ2v) is 6.35. The van der Waals surface area contributed by atoms with Crippen LogP contribution >= 0.6 is 31.9 Å². The van der Waals surface area contributed by atoms with E-state index in [-0.39, 0.29) is 0 Å². The predicted molar refractivity (Wildman–Crippen MR) is 89.9 cm³/mol. The lowest BCUT2D eigenvalue weighted by atomic mass is 10.1. The summed E-state index contributed by atoms with van der Waals surface area (Å²) in [5.41, 5.74) is 2.37. The molecule has 1 aliphatic rings. The van der Waals surface area contributed by atoms with Crippen LogP contribution < -0.4 is 15.4 Å². The summed E-state index contributed by atoms with van der Waals surface area (Å²) in [7, 11) is 1.83. The number of fused-ring (bicyclic) bond motifs is 1. The Bertz CT molecular complexity index is 678. The normalized spacial score (nSPS) is 12.7. The smallest absolute Gasteiger partial charge is 0.146 e. The van der Waals surface area contributed by atoms with Gasteiger partial charge >= 0.3 is 0 Å². The highest BCUT2D eigenvalue weighted by Crippen LogP contribution is 2.34. The van der Waals surface area contributed by atoms with Crippen LogP contribution in [-0.2, 0) is 13.0 Å². The van der Waals surface area contributed by atoms with Crippen LogP contribution in [0.5, 0.6) is 5.75 Å². The van der Waals surface area contributed by atoms with Crippen molar-refractivity contribution in [3.05, 3.63) is 38.5 Å². The highest BCUT2D eigenvalue weighted by molar-refractivity contribution is 9.11. The van der Waals surface area contributed by atoms with E-state index >= 15 is 0 Å². The molecule has 2 N–H and O–H groups in total. The van der Waals surface area contributed by atoms with Crippen LogP contribution in [0.25, 0.3) is 0 Å². The molecule has 1 aromatic carbocycles. The van der Waals surface area contributed by atoms with E-state index < -0.39 is 0 Å². The van der Waals surface area contributed by atoms with Gasteiger partial charge < -0.3 is 15.4 Å². The SMILES string of the molecule is CNc1ncnc(NCc2cc(Br)cc3c2OCC3)c1Br. The van der Waals surface area contributed by atoms with E-state index in [0.29, 0.717) is 6.54 Å². The molecule has 0 aliphatic carbocycles. The Hall–Kier alpha value is -1.34. The quantitative estimate of drug-likeness (QED) is 0.801. The summed E-state index contributed by atoms with van der Waals surface area (Å²) >= 11 is 7.05. The molecule has 0 amide bonds. The maximum atomic E-state index is 5.73. The summed E-state index contributed by atoms with van der Waals surface area (Å²) in [6.45, 7) is 1.39. The summed E-state index contributed by atoms with van der Waals surface area (Å²) in [5, 5.41) is 6.34. The molecule has 0 saturated heterocycles. The molecule has 0 fully saturated rings. The molecule has 3 rings (SSSR count). The first-order valence-corrected chi connectivity index (χ1v) is 8.14. The highest BCUT2D eigenvalue weighted by atomic mass is 79.9. The van der Waals surface area contributed by atoms with Gasteiger partial charge in [-0.1, -0.05) is 15.9 Å². The fourth-order valence-electron chi connectivity index (χ4n) is 2.32. The van der Waals surface area contributed by atoms with E-state index in [4.69, 9.17) is 4.74 Å². The summed E-state index contributed by atoms with van der Waals surface area (Å²) in [6, 6.07) is 4.19. The van der Waals surface area contributed by atoms with E-state index in [0.717, 1.165) is 44.9 Å². The molecule has 0 atom stereocenters. The van der Waals surface area contributed by atoms with E-state index in [9.17, 15) is 0 Å². The van der Waals surface area contributed by atoms with Gasteiger partial charge in [0, 0.05) is 30.0 Å². The number of hydrogen-bond acceptors (Lipinski definition) is 5. The van der Waals surface area contributed by atoms with Gasteiger partial charge in [-0.2, -0.15) is 0 Å². The number of anilines is 2. The van der Waals surface area contributed by atoms with E-state index in [1.54, 1.807) is 0 Å². The average Bonchev–Trinajstić information content (AvgIpc) is 2.94. The number of halogens is 2. The standard InChI is InChI=1S/C14H14Br2N4O/c1-17-13-11(16)14(20-7-19-13)18-6-9-5-10(15)4-8-2-3-21-12(8)9/h4-5,7H,2-3,6H2,1H3,(H2,17,18,19,20). The number of benzene rings is 1. The first-order chi connectivity index (χ1) is 10.2. The minimum atomic E-state index is 0.639. The van der Waals surface area contributed by atoms with Gasteiger partial charge in [-0.3, -0.25) is 0 Å². The van der Waals surface area contributed by atoms with Gasteiger partial charge in [0.05, 0.1) is 6.61 Å². The Morgan fingerprint density at radius 2 is 2.05 bits per heavy atom. The van der Waals surface area contributed by atoms with Crippen LogP contribution in [0.2, 0.25) is 0 Å². The largest absolute Gasteiger partial charge is 0.493 e. The second-order valence-electron chi connectivity index (χ2n) is 4.64. The number of aromatic nitrogens is 2. The molecule has 2 heterocycles. The minimum Gasteiger partial charge on any atom is -0.493 e. The molecule has 0 saturated carbocycles. The molecule has 5 nitrogen and oxygen atoms in total. The number of nitrogens with zero attached hydrogens (tertiary/aromatic N) is 2. The van der Waals surface area contributed by atoms with Crippen LogP contribution in [-0.4, -0.2) is 23.6 Å². The first kappa shape index (κ1) is 14.6. The number of ether oxygens (including phenoxy) is 1. The third kappa shape index (κ3) is 2.98. The Kier molecular flexibility index (Phi) is 4.30. The van der Waals surface area contributed by atoms with E-state index in [1.807, 2.05) is 7.05 Å². The molecule has 110 valence electrons. The minimum absolute atomic E-state index is 0.639. The van der Waals surface area contributed by atoms with Gasteiger partial charge in [0.2, 0.25) is 0 Å². The van der Waals surface area contributed by atoms with Crippen molar-refractivity contribution in [3.63, 3.8) is 0 Å². The van der Waals surface area contributed by atoms with Crippen molar-refractivity contribution in [2.75, 3.05) is 24.3 Å². The topological polar surface area (TPSA) is 59.1 Å². The van der Waals surface area contributed by atoms with Crippen LogP contribution in [0.3, 0.4) is 0 Å². The molecule has 0 spiro atoms. The Morgan fingerprint density at radius 1 is 1.24 bits per heavy atom. The fraction of sp³-hybridized carbons (Fsp3) is 0.286. The van der Waals surface area contributed by atoms with Crippen LogP contribution in [0.1, 0.15) is 11.1 Å². The third-order valence-electron chi connectivity index (χ3n) is 3.30. The third-order valence-corrected chi connectivity index (χ3v) is 4.51. The lowest BCUT2D eigenvalue weighted by Crippen LogP contribution is -2.06. The number of nitrogens with one attached hydrogen (secondary N) is 2. The molecule has 7 heteroatoms. The first-order valence-electron chi connectivity index (χ1n) is 6.55. The maximum Gasteiger partial charge on any atom is 0.146 e. The molecule has 21 heavy (non-hydrogen) atoms. The Balaban J connectivity index is 1.83. The van der Waals surface area contributed by atoms with Gasteiger partial charge in [0.15, 0.2) is 0 Å². The Labute approximate surface area is 139 Å². The summed E-state index contributed by atoms with van der Waals surface area (Å²) < 4.78 is 7.62. The van der Waals surface area contributed by atoms with Crippen molar-refractivity contribution in [1.29, 1.82) is 0 Å². The summed E-state index contributed by atoms with van der Waals surface area (Å²) in [4.78, 5) is 8.40. The lowest BCUT2D eigenvalue weighted by molar-refractivity contribution is 0.354. The molecule has 0 bridgehead atoms. The zero-order valence-electron chi connectivity index (χ0n) is 11.4. The average molecular weight is 414 g/mol. The fourth-order valence-corrected chi connectivity index (χ4v) is 3.42. The molecule has 1 aliphatic heterocycles. The van der Waals surface area contributed by atoms with Crippen LogP contribution in [0, 0.1) is 0 Å². The van der Waals surface area contributed by atoms with E-state index in [1.165, 1.54) is 11.9 Å². The van der Waals surface area contributed by atoms with Crippen molar-refractivity contribution in [2.45, 2.75) is 13.0 Å². The second kappa shape index (κ2) is 6.19. The van der Waals surface area contributed by atoms with Gasteiger partial charge in [-0.25, -0.2) is 9.97 Å². The highest BCUT2D eigenvalue weighted by Gasteiger charge is 2.17. The molecule has 0 unspecified atom stereocenters. The van der Waals surface area contributed by atoms with Crippen molar-refractivity contribution in [2.24, 2.45) is 0 Å². The van der Waals surface area contributed by atoms with Gasteiger partial charge in [-0.05, 0) is 33.6 Å². The summed E-state index contributed by atoms with van der Waals surface area (Å²) in [5.74, 6) is 2.49. The summed E-state index contributed by atoms with van der Waals surface area (Å²) in [6.07, 6.45) is 2.49. The van der Waals surface area contributed by atoms with Gasteiger partial charge in [0.1, 0.15) is 28.2 Å². The number of hydrogen-bond donors (Lipinski definition) is 2. The van der Waals surface area contributed by atoms with Crippen molar-refractivity contribution in [1.82, 2.24) is 9.97 Å². The zero-order chi connectivity index (χ0) is 14.8. The lowest BCUT2D eigenvalue weighted by Gasteiger charge is -2.12. The maximum absolute atomic E-state index is 5.73. The van der Waals surface area contributed by atoms with E-state index in [2.05, 4.69) is 64.6 Å². The van der Waals surface area contributed by atoms with Crippen LogP contribution in [0.4, 0.5) is 11.6 Å². The van der Waals surface area contributed by atoms with Crippen molar-refractivity contribution in [3.8, 4) is 5.75 Å². The molecule has 2 aromatic rings. The number of rotatable bonds is 4. The van der Waals surface area contributed by atoms with Crippen LogP contribution in [0.15, 0.2) is 27.4 Å². The van der Waals surface area contributed by atoms with Crippen molar-refractivity contribution < 1.29 is 4.74 Å². The Morgan fingerprint density at radius 3 is 2.86 bits per heavy atom. The molecule has 0 radical (unpaired) electrons. The molecular weight excluding hydrogens is 400 g/mol. The molecule has 1 aromatic heterocycles. The molecular formula is C14H14Br2N4O. The predicted octanol–water partition coefficient (Wildman–Crippen LogP) is 3.59. The monoisotopic (exact) mass is 412 g/mol. The van der Waals surface area contributed by atoms with Crippen molar-refractivity contribution >= 4 is 43.5 Å². The zero-order valence-corrected chi connectivity index (χ0v) is 14.6. The van der Waals surface area contributed by atoms with Gasteiger partial charge in [0.25, 0.3) is 0 Å².